The Morgan fingerprint density at radius 3 is 2.82 bits per heavy atom. The highest BCUT2D eigenvalue weighted by atomic mass is 16.5. The largest absolute Gasteiger partial charge is 0.391 e. The number of hydrogen-bond acceptors (Lipinski definition) is 4. The van der Waals surface area contributed by atoms with E-state index >= 15 is 0 Å². The summed E-state index contributed by atoms with van der Waals surface area (Å²) in [4.78, 5) is 4.77. The molecule has 0 spiro atoms. The van der Waals surface area contributed by atoms with E-state index in [-0.39, 0.29) is 6.10 Å². The van der Waals surface area contributed by atoms with E-state index in [0.717, 1.165) is 39.3 Å². The molecule has 2 unspecified atom stereocenters. The average molecular weight is 242 g/mol. The highest BCUT2D eigenvalue weighted by molar-refractivity contribution is 4.76. The van der Waals surface area contributed by atoms with Gasteiger partial charge in [0, 0.05) is 32.2 Å². The first-order valence-corrected chi connectivity index (χ1v) is 6.92. The number of aliphatic hydroxyl groups is 1. The Labute approximate surface area is 105 Å². The second kappa shape index (κ2) is 6.69. The molecule has 1 N–H and O–H groups in total. The first-order valence-electron chi connectivity index (χ1n) is 6.92. The number of hydrogen-bond donors (Lipinski definition) is 1. The van der Waals surface area contributed by atoms with Crippen LogP contribution in [0.4, 0.5) is 0 Å². The molecule has 0 bridgehead atoms. The summed E-state index contributed by atoms with van der Waals surface area (Å²) >= 11 is 0. The summed E-state index contributed by atoms with van der Waals surface area (Å²) in [6, 6.07) is 0. The van der Waals surface area contributed by atoms with Crippen LogP contribution in [-0.2, 0) is 4.74 Å². The molecule has 2 aliphatic rings. The Morgan fingerprint density at radius 2 is 2.18 bits per heavy atom. The summed E-state index contributed by atoms with van der Waals surface area (Å²) in [5.74, 6) is 0.351. The van der Waals surface area contributed by atoms with Crippen molar-refractivity contribution in [1.29, 1.82) is 0 Å². The lowest BCUT2D eigenvalue weighted by molar-refractivity contribution is 0.0612. The molecule has 17 heavy (non-hydrogen) atoms. The molecule has 2 atom stereocenters. The maximum atomic E-state index is 10.1. The van der Waals surface area contributed by atoms with E-state index in [1.807, 2.05) is 0 Å². The van der Waals surface area contributed by atoms with Gasteiger partial charge in [-0.3, -0.25) is 0 Å². The van der Waals surface area contributed by atoms with E-state index in [0.29, 0.717) is 5.92 Å². The molecule has 0 amide bonds. The molecule has 2 aliphatic heterocycles. The van der Waals surface area contributed by atoms with Gasteiger partial charge in [0.2, 0.25) is 0 Å². The third-order valence-corrected chi connectivity index (χ3v) is 4.00. The van der Waals surface area contributed by atoms with Gasteiger partial charge in [-0.1, -0.05) is 0 Å². The van der Waals surface area contributed by atoms with Crippen molar-refractivity contribution in [3.63, 3.8) is 0 Å². The second-order valence-electron chi connectivity index (χ2n) is 5.50. The number of aliphatic hydroxyl groups excluding tert-OH is 1. The smallest absolute Gasteiger partial charge is 0.0717 e. The first kappa shape index (κ1) is 13.3. The van der Waals surface area contributed by atoms with E-state index in [1.165, 1.54) is 25.9 Å². The molecule has 2 heterocycles. The van der Waals surface area contributed by atoms with Gasteiger partial charge in [0.1, 0.15) is 0 Å². The molecule has 2 fully saturated rings. The van der Waals surface area contributed by atoms with Crippen LogP contribution in [0.15, 0.2) is 0 Å². The van der Waals surface area contributed by atoms with Crippen LogP contribution < -0.4 is 0 Å². The fraction of sp³-hybridized carbons (Fsp3) is 1.00. The van der Waals surface area contributed by atoms with Crippen molar-refractivity contribution in [2.45, 2.75) is 25.4 Å². The molecule has 2 rings (SSSR count). The van der Waals surface area contributed by atoms with Gasteiger partial charge in [0.15, 0.2) is 0 Å². The van der Waals surface area contributed by atoms with Crippen LogP contribution in [0.5, 0.6) is 0 Å². The predicted octanol–water partition coefficient (Wildman–Crippen LogP) is 0.411. The monoisotopic (exact) mass is 242 g/mol. The minimum Gasteiger partial charge on any atom is -0.391 e. The van der Waals surface area contributed by atoms with Crippen LogP contribution in [0.1, 0.15) is 19.3 Å². The predicted molar refractivity (Wildman–Crippen MR) is 68.1 cm³/mol. The van der Waals surface area contributed by atoms with Gasteiger partial charge in [0.05, 0.1) is 12.7 Å². The molecule has 0 aromatic rings. The number of likely N-dealkylation sites (N-methyl/N-ethyl adjacent to an activating group) is 1. The van der Waals surface area contributed by atoms with Crippen LogP contribution >= 0.6 is 0 Å². The highest BCUT2D eigenvalue weighted by Gasteiger charge is 2.24. The fourth-order valence-electron chi connectivity index (χ4n) is 2.73. The molecule has 0 saturated carbocycles. The topological polar surface area (TPSA) is 35.9 Å². The average Bonchev–Trinajstić information content (AvgIpc) is 2.99. The maximum Gasteiger partial charge on any atom is 0.0717 e. The van der Waals surface area contributed by atoms with E-state index in [9.17, 15) is 5.11 Å². The van der Waals surface area contributed by atoms with Gasteiger partial charge >= 0.3 is 0 Å². The summed E-state index contributed by atoms with van der Waals surface area (Å²) in [6.07, 6.45) is 3.50. The zero-order valence-electron chi connectivity index (χ0n) is 11.0. The number of nitrogens with zero attached hydrogens (tertiary/aromatic N) is 2. The van der Waals surface area contributed by atoms with Gasteiger partial charge in [-0.05, 0) is 39.4 Å². The van der Waals surface area contributed by atoms with E-state index in [2.05, 4.69) is 16.8 Å². The number of rotatable bonds is 6. The molecule has 4 heteroatoms. The van der Waals surface area contributed by atoms with Crippen molar-refractivity contribution in [3.8, 4) is 0 Å². The minimum absolute atomic E-state index is 0.221. The van der Waals surface area contributed by atoms with E-state index in [1.54, 1.807) is 0 Å². The van der Waals surface area contributed by atoms with Gasteiger partial charge < -0.3 is 19.6 Å². The van der Waals surface area contributed by atoms with Gasteiger partial charge in [-0.25, -0.2) is 0 Å². The van der Waals surface area contributed by atoms with Gasteiger partial charge in [-0.15, -0.1) is 0 Å². The molecular formula is C13H26N2O2. The Hall–Kier alpha value is -0.160. The van der Waals surface area contributed by atoms with Crippen molar-refractivity contribution >= 4 is 0 Å². The van der Waals surface area contributed by atoms with Crippen LogP contribution in [0, 0.1) is 5.92 Å². The molecule has 4 nitrogen and oxygen atoms in total. The first-order chi connectivity index (χ1) is 8.25. The SMILES string of the molecule is CN(CCN1CCCC1)CC(O)C1CCOC1. The quantitative estimate of drug-likeness (QED) is 0.732. The summed E-state index contributed by atoms with van der Waals surface area (Å²) in [5.41, 5.74) is 0. The highest BCUT2D eigenvalue weighted by Crippen LogP contribution is 2.17. The zero-order valence-corrected chi connectivity index (χ0v) is 11.0. The fourth-order valence-corrected chi connectivity index (χ4v) is 2.73. The second-order valence-corrected chi connectivity index (χ2v) is 5.50. The van der Waals surface area contributed by atoms with Gasteiger partial charge in [0.25, 0.3) is 0 Å². The Bertz CT molecular complexity index is 213. The number of likely N-dealkylation sites (tertiary alicyclic amines) is 1. The summed E-state index contributed by atoms with van der Waals surface area (Å²) in [7, 11) is 2.11. The van der Waals surface area contributed by atoms with Crippen LogP contribution in [-0.4, -0.2) is 74.0 Å². The van der Waals surface area contributed by atoms with Crippen molar-refractivity contribution < 1.29 is 9.84 Å². The number of ether oxygens (including phenoxy) is 1. The molecule has 0 aromatic heterocycles. The summed E-state index contributed by atoms with van der Waals surface area (Å²) in [5, 5.41) is 10.1. The Kier molecular flexibility index (Phi) is 5.22. The molecular weight excluding hydrogens is 216 g/mol. The van der Waals surface area contributed by atoms with E-state index in [4.69, 9.17) is 4.74 Å². The summed E-state index contributed by atoms with van der Waals surface area (Å²) in [6.45, 7) is 7.05. The zero-order chi connectivity index (χ0) is 12.1. The third-order valence-electron chi connectivity index (χ3n) is 4.00. The minimum atomic E-state index is -0.221. The molecule has 2 saturated heterocycles. The molecule has 0 aliphatic carbocycles. The molecule has 0 radical (unpaired) electrons. The van der Waals surface area contributed by atoms with Crippen LogP contribution in [0.2, 0.25) is 0 Å². The summed E-state index contributed by atoms with van der Waals surface area (Å²) < 4.78 is 5.31. The van der Waals surface area contributed by atoms with Gasteiger partial charge in [-0.2, -0.15) is 0 Å². The van der Waals surface area contributed by atoms with Crippen molar-refractivity contribution in [1.82, 2.24) is 9.80 Å². The van der Waals surface area contributed by atoms with Crippen molar-refractivity contribution in [2.75, 3.05) is 53.0 Å². The van der Waals surface area contributed by atoms with Crippen LogP contribution in [0.25, 0.3) is 0 Å². The molecule has 100 valence electrons. The van der Waals surface area contributed by atoms with E-state index < -0.39 is 0 Å². The standard InChI is InChI=1S/C13H26N2O2/c1-14(7-8-15-5-2-3-6-15)10-13(16)12-4-9-17-11-12/h12-13,16H,2-11H2,1H3. The Balaban J connectivity index is 1.60. The normalized spacial score (nSPS) is 28.1. The Morgan fingerprint density at radius 1 is 1.41 bits per heavy atom. The third kappa shape index (κ3) is 4.21. The lowest BCUT2D eigenvalue weighted by Gasteiger charge is -2.25. The van der Waals surface area contributed by atoms with Crippen molar-refractivity contribution in [3.05, 3.63) is 0 Å². The van der Waals surface area contributed by atoms with Crippen LogP contribution in [0.3, 0.4) is 0 Å². The maximum absolute atomic E-state index is 10.1. The van der Waals surface area contributed by atoms with Crippen molar-refractivity contribution in [2.24, 2.45) is 5.92 Å². The molecule has 0 aromatic carbocycles. The lowest BCUT2D eigenvalue weighted by Crippen LogP contribution is -2.38. The lowest BCUT2D eigenvalue weighted by atomic mass is 10.0.